The van der Waals surface area contributed by atoms with Gasteiger partial charge >= 0.3 is 0 Å². The number of benzene rings is 1. The van der Waals surface area contributed by atoms with Crippen molar-refractivity contribution in [3.8, 4) is 0 Å². The molecule has 2 fully saturated rings. The summed E-state index contributed by atoms with van der Waals surface area (Å²) in [5.74, 6) is -0.0346. The Morgan fingerprint density at radius 3 is 2.52 bits per heavy atom. The van der Waals surface area contributed by atoms with Crippen LogP contribution < -0.4 is 10.6 Å². The molecule has 11 heteroatoms. The van der Waals surface area contributed by atoms with Crippen molar-refractivity contribution in [3.05, 3.63) is 34.4 Å². The van der Waals surface area contributed by atoms with Crippen LogP contribution in [0.15, 0.2) is 29.2 Å². The van der Waals surface area contributed by atoms with Crippen LogP contribution in [0.1, 0.15) is 12.8 Å². The predicted octanol–water partition coefficient (Wildman–Crippen LogP) is 0.753. The van der Waals surface area contributed by atoms with Gasteiger partial charge in [0.15, 0.2) is 0 Å². The Hall–Kier alpha value is -1.75. The van der Waals surface area contributed by atoms with Crippen LogP contribution in [-0.2, 0) is 14.8 Å². The minimum atomic E-state index is -3.77. The van der Waals surface area contributed by atoms with E-state index in [1.54, 1.807) is 0 Å². The van der Waals surface area contributed by atoms with Crippen molar-refractivity contribution < 1.29 is 18.1 Å². The molecule has 0 aromatic heterocycles. The van der Waals surface area contributed by atoms with Crippen LogP contribution in [0.25, 0.3) is 0 Å². The first-order valence-electron chi connectivity index (χ1n) is 8.61. The van der Waals surface area contributed by atoms with Crippen LogP contribution in [0.5, 0.6) is 0 Å². The van der Waals surface area contributed by atoms with E-state index in [4.69, 9.17) is 0 Å². The molecule has 2 aliphatic rings. The molecular formula is C16H23ClN4O5S. The lowest BCUT2D eigenvalue weighted by atomic mass is 9.98. The van der Waals surface area contributed by atoms with Crippen molar-refractivity contribution in [3.63, 3.8) is 0 Å². The largest absolute Gasteiger partial charge is 0.355 e. The lowest BCUT2D eigenvalue weighted by Crippen LogP contribution is -2.50. The molecule has 2 aliphatic heterocycles. The SMILES string of the molecule is Cl.O=C(NCC1CNC1)C1CCCN(S(=O)(=O)c2ccc([N+](=O)[O-])cc2)C1. The van der Waals surface area contributed by atoms with E-state index in [-0.39, 0.29) is 41.4 Å². The second kappa shape index (κ2) is 8.96. The first kappa shape index (κ1) is 21.5. The highest BCUT2D eigenvalue weighted by Crippen LogP contribution is 2.25. The van der Waals surface area contributed by atoms with Gasteiger partial charge in [0.25, 0.3) is 5.69 Å². The maximum atomic E-state index is 12.8. The van der Waals surface area contributed by atoms with E-state index >= 15 is 0 Å². The molecule has 2 saturated heterocycles. The zero-order valence-corrected chi connectivity index (χ0v) is 16.3. The summed E-state index contributed by atoms with van der Waals surface area (Å²) in [5, 5.41) is 16.8. The summed E-state index contributed by atoms with van der Waals surface area (Å²) < 4.78 is 26.8. The molecule has 1 atom stereocenters. The van der Waals surface area contributed by atoms with Crippen molar-refractivity contribution >= 4 is 34.0 Å². The lowest BCUT2D eigenvalue weighted by molar-refractivity contribution is -0.384. The Morgan fingerprint density at radius 2 is 1.96 bits per heavy atom. The van der Waals surface area contributed by atoms with Gasteiger partial charge in [-0.05, 0) is 25.0 Å². The number of rotatable bonds is 6. The monoisotopic (exact) mass is 418 g/mol. The maximum Gasteiger partial charge on any atom is 0.269 e. The molecule has 27 heavy (non-hydrogen) atoms. The number of amides is 1. The Bertz CT molecular complexity index is 783. The minimum absolute atomic E-state index is 0. The second-order valence-corrected chi connectivity index (χ2v) is 8.66. The predicted molar refractivity (Wildman–Crippen MR) is 101 cm³/mol. The highest BCUT2D eigenvalue weighted by molar-refractivity contribution is 7.89. The van der Waals surface area contributed by atoms with E-state index in [0.29, 0.717) is 31.8 Å². The van der Waals surface area contributed by atoms with E-state index < -0.39 is 14.9 Å². The van der Waals surface area contributed by atoms with Gasteiger partial charge in [-0.2, -0.15) is 4.31 Å². The number of carbonyl (C=O) groups is 1. The number of halogens is 1. The summed E-state index contributed by atoms with van der Waals surface area (Å²) in [6.07, 6.45) is 1.26. The fourth-order valence-electron chi connectivity index (χ4n) is 3.15. The average Bonchev–Trinajstić information content (AvgIpc) is 2.60. The van der Waals surface area contributed by atoms with Crippen LogP contribution in [0, 0.1) is 22.0 Å². The second-order valence-electron chi connectivity index (χ2n) is 6.72. The van der Waals surface area contributed by atoms with Crippen molar-refractivity contribution in [2.24, 2.45) is 11.8 Å². The van der Waals surface area contributed by atoms with Gasteiger partial charge in [-0.25, -0.2) is 8.42 Å². The number of piperidine rings is 1. The molecule has 1 unspecified atom stereocenters. The van der Waals surface area contributed by atoms with Gasteiger partial charge in [-0.15, -0.1) is 12.4 Å². The summed E-state index contributed by atoms with van der Waals surface area (Å²) in [4.78, 5) is 22.5. The molecule has 1 aromatic carbocycles. The fourth-order valence-corrected chi connectivity index (χ4v) is 4.67. The average molecular weight is 419 g/mol. The van der Waals surface area contributed by atoms with E-state index in [1.807, 2.05) is 0 Å². The van der Waals surface area contributed by atoms with Crippen LogP contribution in [0.4, 0.5) is 5.69 Å². The normalized spacial score (nSPS) is 21.0. The number of nitro groups is 1. The third-order valence-corrected chi connectivity index (χ3v) is 6.75. The van der Waals surface area contributed by atoms with Crippen molar-refractivity contribution in [2.75, 3.05) is 32.7 Å². The van der Waals surface area contributed by atoms with Crippen LogP contribution in [0.2, 0.25) is 0 Å². The number of hydrogen-bond donors (Lipinski definition) is 2. The molecule has 1 amide bonds. The van der Waals surface area contributed by atoms with Gasteiger partial charge in [-0.1, -0.05) is 0 Å². The molecule has 2 N–H and O–H groups in total. The molecule has 3 rings (SSSR count). The van der Waals surface area contributed by atoms with Crippen molar-refractivity contribution in [1.29, 1.82) is 0 Å². The Morgan fingerprint density at radius 1 is 1.30 bits per heavy atom. The molecule has 0 bridgehead atoms. The highest BCUT2D eigenvalue weighted by atomic mass is 35.5. The minimum Gasteiger partial charge on any atom is -0.355 e. The number of nitrogens with zero attached hydrogens (tertiary/aromatic N) is 2. The highest BCUT2D eigenvalue weighted by Gasteiger charge is 2.33. The number of non-ortho nitro benzene ring substituents is 1. The molecule has 9 nitrogen and oxygen atoms in total. The van der Waals surface area contributed by atoms with Crippen molar-refractivity contribution in [2.45, 2.75) is 17.7 Å². The Balaban J connectivity index is 0.00000261. The molecular weight excluding hydrogens is 396 g/mol. The first-order valence-corrected chi connectivity index (χ1v) is 10.0. The summed E-state index contributed by atoms with van der Waals surface area (Å²) in [5.41, 5.74) is -0.162. The standard InChI is InChI=1S/C16H22N4O5S.ClH/c21-16(18-10-12-8-17-9-12)13-2-1-7-19(11-13)26(24,25)15-5-3-14(4-6-15)20(22)23;/h3-6,12-13,17H,1-2,7-11H2,(H,18,21);1H. The van der Waals surface area contributed by atoms with Gasteiger partial charge in [0, 0.05) is 50.8 Å². The Labute approximate surface area is 164 Å². The molecule has 150 valence electrons. The van der Waals surface area contributed by atoms with E-state index in [2.05, 4.69) is 10.6 Å². The maximum absolute atomic E-state index is 12.8. The zero-order valence-electron chi connectivity index (χ0n) is 14.7. The van der Waals surface area contributed by atoms with E-state index in [0.717, 1.165) is 13.1 Å². The summed E-state index contributed by atoms with van der Waals surface area (Å²) in [6.45, 7) is 2.87. The molecule has 1 aromatic rings. The van der Waals surface area contributed by atoms with Gasteiger partial charge in [-0.3, -0.25) is 14.9 Å². The topological polar surface area (TPSA) is 122 Å². The number of nitrogens with one attached hydrogen (secondary N) is 2. The molecule has 0 spiro atoms. The number of nitro benzene ring substituents is 1. The van der Waals surface area contributed by atoms with Crippen LogP contribution >= 0.6 is 12.4 Å². The Kier molecular flexibility index (Phi) is 7.15. The fraction of sp³-hybridized carbons (Fsp3) is 0.562. The van der Waals surface area contributed by atoms with Crippen molar-refractivity contribution in [1.82, 2.24) is 14.9 Å². The number of hydrogen-bond acceptors (Lipinski definition) is 6. The molecule has 0 aliphatic carbocycles. The quantitative estimate of drug-likeness (QED) is 0.519. The summed E-state index contributed by atoms with van der Waals surface area (Å²) in [6, 6.07) is 4.82. The lowest BCUT2D eigenvalue weighted by Gasteiger charge is -2.32. The zero-order chi connectivity index (χ0) is 18.7. The smallest absolute Gasteiger partial charge is 0.269 e. The molecule has 0 saturated carbocycles. The van der Waals surface area contributed by atoms with E-state index in [1.165, 1.54) is 28.6 Å². The summed E-state index contributed by atoms with van der Waals surface area (Å²) in [7, 11) is -3.77. The third kappa shape index (κ3) is 4.95. The number of sulfonamides is 1. The van der Waals surface area contributed by atoms with Gasteiger partial charge in [0.05, 0.1) is 15.7 Å². The molecule has 2 heterocycles. The van der Waals surface area contributed by atoms with E-state index in [9.17, 15) is 23.3 Å². The van der Waals surface area contributed by atoms with Crippen LogP contribution in [-0.4, -0.2) is 56.3 Å². The third-order valence-electron chi connectivity index (χ3n) is 4.87. The number of carbonyl (C=O) groups excluding carboxylic acids is 1. The van der Waals surface area contributed by atoms with Gasteiger partial charge in [0.2, 0.25) is 15.9 Å². The summed E-state index contributed by atoms with van der Waals surface area (Å²) >= 11 is 0. The molecule has 0 radical (unpaired) electrons. The first-order chi connectivity index (χ1) is 12.4. The van der Waals surface area contributed by atoms with Crippen LogP contribution in [0.3, 0.4) is 0 Å². The van der Waals surface area contributed by atoms with Gasteiger partial charge < -0.3 is 10.6 Å². The van der Waals surface area contributed by atoms with Gasteiger partial charge in [0.1, 0.15) is 0 Å².